The largest absolute Gasteiger partial charge is 0.449 e. The van der Waals surface area contributed by atoms with Crippen LogP contribution in [0.4, 0.5) is 16.2 Å². The molecule has 0 saturated carbocycles. The Morgan fingerprint density at radius 3 is 2.41 bits per heavy atom. The molecule has 154 valence electrons. The van der Waals surface area contributed by atoms with Crippen LogP contribution in [0.2, 0.25) is 0 Å². The summed E-state index contributed by atoms with van der Waals surface area (Å²) in [5, 5.41) is 5.58. The maximum Gasteiger partial charge on any atom is 0.411 e. The first-order valence-electron chi connectivity index (χ1n) is 10.2. The van der Waals surface area contributed by atoms with E-state index in [9.17, 15) is 9.59 Å². The molecule has 0 spiro atoms. The zero-order chi connectivity index (χ0) is 20.6. The van der Waals surface area contributed by atoms with E-state index >= 15 is 0 Å². The highest BCUT2D eigenvalue weighted by Gasteiger charge is 2.13. The minimum atomic E-state index is -0.503. The first-order chi connectivity index (χ1) is 14.0. The van der Waals surface area contributed by atoms with Gasteiger partial charge in [-0.1, -0.05) is 32.0 Å². The predicted octanol–water partition coefficient (Wildman–Crippen LogP) is 4.74. The van der Waals surface area contributed by atoms with Crippen molar-refractivity contribution in [2.75, 3.05) is 30.3 Å². The van der Waals surface area contributed by atoms with Crippen LogP contribution < -0.4 is 10.6 Å². The van der Waals surface area contributed by atoms with E-state index in [1.54, 1.807) is 24.3 Å². The van der Waals surface area contributed by atoms with Crippen LogP contribution in [0.3, 0.4) is 0 Å². The Morgan fingerprint density at radius 1 is 1.00 bits per heavy atom. The van der Waals surface area contributed by atoms with Gasteiger partial charge in [-0.2, -0.15) is 0 Å². The van der Waals surface area contributed by atoms with E-state index in [2.05, 4.69) is 21.6 Å². The Bertz CT molecular complexity index is 845. The lowest BCUT2D eigenvalue weighted by molar-refractivity contribution is 0.102. The van der Waals surface area contributed by atoms with Crippen LogP contribution in [-0.4, -0.2) is 36.6 Å². The van der Waals surface area contributed by atoms with Gasteiger partial charge in [0, 0.05) is 23.5 Å². The van der Waals surface area contributed by atoms with Crippen LogP contribution in [0, 0.1) is 5.92 Å². The van der Waals surface area contributed by atoms with E-state index in [1.165, 1.54) is 12.8 Å². The lowest BCUT2D eigenvalue weighted by Gasteiger charge is -2.15. The van der Waals surface area contributed by atoms with Gasteiger partial charge in [0.1, 0.15) is 0 Å². The van der Waals surface area contributed by atoms with Gasteiger partial charge in [0.05, 0.1) is 6.61 Å². The second kappa shape index (κ2) is 10.1. The molecule has 0 aromatic heterocycles. The van der Waals surface area contributed by atoms with Crippen molar-refractivity contribution in [3.8, 4) is 0 Å². The van der Waals surface area contributed by atoms with Crippen molar-refractivity contribution in [3.05, 3.63) is 59.7 Å². The van der Waals surface area contributed by atoms with Crippen molar-refractivity contribution in [1.82, 2.24) is 4.90 Å². The summed E-state index contributed by atoms with van der Waals surface area (Å²) in [7, 11) is 0. The normalized spacial score (nSPS) is 14.0. The van der Waals surface area contributed by atoms with Gasteiger partial charge in [-0.05, 0) is 67.7 Å². The zero-order valence-electron chi connectivity index (χ0n) is 17.1. The smallest absolute Gasteiger partial charge is 0.411 e. The van der Waals surface area contributed by atoms with Crippen molar-refractivity contribution in [1.29, 1.82) is 0 Å². The van der Waals surface area contributed by atoms with Crippen molar-refractivity contribution < 1.29 is 14.3 Å². The fraction of sp³-hybridized carbons (Fsp3) is 0.391. The molecule has 1 fully saturated rings. The van der Waals surface area contributed by atoms with Crippen LogP contribution >= 0.6 is 0 Å². The molecule has 29 heavy (non-hydrogen) atoms. The summed E-state index contributed by atoms with van der Waals surface area (Å²) in [6.45, 7) is 7.42. The van der Waals surface area contributed by atoms with Gasteiger partial charge < -0.3 is 10.1 Å². The molecule has 0 bridgehead atoms. The Labute approximate surface area is 172 Å². The molecule has 6 heteroatoms. The first kappa shape index (κ1) is 20.9. The SMILES string of the molecule is CC(C)COC(=O)Nc1cccc(NC(=O)c2cccc(CN3CCCC3)c2)c1. The average molecular weight is 396 g/mol. The maximum atomic E-state index is 12.7. The molecule has 0 aliphatic carbocycles. The van der Waals surface area contributed by atoms with Crippen LogP contribution in [0.25, 0.3) is 0 Å². The Hall–Kier alpha value is -2.86. The molecule has 2 amide bonds. The molecular weight excluding hydrogens is 366 g/mol. The van der Waals surface area contributed by atoms with Crippen molar-refractivity contribution in [2.24, 2.45) is 5.92 Å². The molecule has 0 unspecified atom stereocenters. The van der Waals surface area contributed by atoms with Gasteiger partial charge in [0.15, 0.2) is 0 Å². The summed E-state index contributed by atoms with van der Waals surface area (Å²) >= 11 is 0. The molecule has 6 nitrogen and oxygen atoms in total. The van der Waals surface area contributed by atoms with E-state index in [0.717, 1.165) is 25.2 Å². The molecule has 1 aliphatic rings. The van der Waals surface area contributed by atoms with Gasteiger partial charge in [-0.25, -0.2) is 4.79 Å². The monoisotopic (exact) mass is 395 g/mol. The minimum absolute atomic E-state index is 0.173. The number of hydrogen-bond donors (Lipinski definition) is 2. The zero-order valence-corrected chi connectivity index (χ0v) is 17.1. The molecule has 1 aliphatic heterocycles. The lowest BCUT2D eigenvalue weighted by atomic mass is 10.1. The number of rotatable bonds is 7. The van der Waals surface area contributed by atoms with Crippen molar-refractivity contribution in [3.63, 3.8) is 0 Å². The van der Waals surface area contributed by atoms with Gasteiger partial charge in [-0.3, -0.25) is 15.0 Å². The van der Waals surface area contributed by atoms with Crippen molar-refractivity contribution in [2.45, 2.75) is 33.2 Å². The molecule has 3 rings (SSSR count). The second-order valence-electron chi connectivity index (χ2n) is 7.84. The fourth-order valence-corrected chi connectivity index (χ4v) is 3.28. The summed E-state index contributed by atoms with van der Waals surface area (Å²) in [5.41, 5.74) is 2.94. The predicted molar refractivity (Wildman–Crippen MR) is 115 cm³/mol. The number of carbonyl (C=O) groups excluding carboxylic acids is 2. The average Bonchev–Trinajstić information content (AvgIpc) is 3.20. The number of ether oxygens (including phenoxy) is 1. The third kappa shape index (κ3) is 6.61. The number of hydrogen-bond acceptors (Lipinski definition) is 4. The molecule has 1 saturated heterocycles. The van der Waals surface area contributed by atoms with Crippen LogP contribution in [0.5, 0.6) is 0 Å². The molecule has 2 N–H and O–H groups in total. The van der Waals surface area contributed by atoms with Gasteiger partial charge in [-0.15, -0.1) is 0 Å². The quantitative estimate of drug-likeness (QED) is 0.710. The number of carbonyl (C=O) groups is 2. The van der Waals surface area contributed by atoms with E-state index in [0.29, 0.717) is 23.5 Å². The summed E-state index contributed by atoms with van der Waals surface area (Å²) in [5.74, 6) is 0.0976. The van der Waals surface area contributed by atoms with Crippen LogP contribution in [0.1, 0.15) is 42.6 Å². The highest BCUT2D eigenvalue weighted by molar-refractivity contribution is 6.04. The number of amides is 2. The van der Waals surface area contributed by atoms with Crippen LogP contribution in [-0.2, 0) is 11.3 Å². The number of benzene rings is 2. The molecule has 2 aromatic rings. The Balaban J connectivity index is 1.59. The number of anilines is 2. The molecule has 0 radical (unpaired) electrons. The first-order valence-corrected chi connectivity index (χ1v) is 10.2. The maximum absolute atomic E-state index is 12.7. The van der Waals surface area contributed by atoms with Gasteiger partial charge in [0.2, 0.25) is 0 Å². The lowest BCUT2D eigenvalue weighted by Crippen LogP contribution is -2.19. The highest BCUT2D eigenvalue weighted by atomic mass is 16.5. The van der Waals surface area contributed by atoms with E-state index in [4.69, 9.17) is 4.74 Å². The summed E-state index contributed by atoms with van der Waals surface area (Å²) < 4.78 is 5.12. The number of nitrogens with zero attached hydrogens (tertiary/aromatic N) is 1. The van der Waals surface area contributed by atoms with E-state index < -0.39 is 6.09 Å². The number of likely N-dealkylation sites (tertiary alicyclic amines) is 1. The topological polar surface area (TPSA) is 70.7 Å². The van der Waals surface area contributed by atoms with Gasteiger partial charge >= 0.3 is 6.09 Å². The van der Waals surface area contributed by atoms with Crippen molar-refractivity contribution >= 4 is 23.4 Å². The summed E-state index contributed by atoms with van der Waals surface area (Å²) in [6.07, 6.45) is 1.99. The standard InChI is InChI=1S/C23H29N3O3/c1-17(2)16-29-23(28)25-21-10-6-9-20(14-21)24-22(27)19-8-5-7-18(13-19)15-26-11-3-4-12-26/h5-10,13-14,17H,3-4,11-12,15-16H2,1-2H3,(H,24,27)(H,25,28). The number of nitrogens with one attached hydrogen (secondary N) is 2. The summed E-state index contributed by atoms with van der Waals surface area (Å²) in [6, 6.07) is 14.8. The van der Waals surface area contributed by atoms with Gasteiger partial charge in [0.25, 0.3) is 5.91 Å². The Morgan fingerprint density at radius 2 is 1.69 bits per heavy atom. The minimum Gasteiger partial charge on any atom is -0.449 e. The van der Waals surface area contributed by atoms with Crippen LogP contribution in [0.15, 0.2) is 48.5 Å². The summed E-state index contributed by atoms with van der Waals surface area (Å²) in [4.78, 5) is 26.9. The van der Waals surface area contributed by atoms with E-state index in [1.807, 2.05) is 32.0 Å². The fourth-order valence-electron chi connectivity index (χ4n) is 3.28. The molecule has 2 aromatic carbocycles. The molecule has 1 heterocycles. The third-order valence-electron chi connectivity index (χ3n) is 4.71. The highest BCUT2D eigenvalue weighted by Crippen LogP contribution is 2.18. The second-order valence-corrected chi connectivity index (χ2v) is 7.84. The van der Waals surface area contributed by atoms with E-state index in [-0.39, 0.29) is 11.8 Å². The Kier molecular flexibility index (Phi) is 7.25. The molecule has 0 atom stereocenters. The molecular formula is C23H29N3O3. The third-order valence-corrected chi connectivity index (χ3v) is 4.71.